The molecule has 0 aliphatic rings. The second kappa shape index (κ2) is 5.50. The molecule has 0 unspecified atom stereocenters. The van der Waals surface area contributed by atoms with E-state index >= 15 is 0 Å². The number of hydrogen-bond donors (Lipinski definition) is 1. The Balaban J connectivity index is 3.16. The Morgan fingerprint density at radius 2 is 2.06 bits per heavy atom. The van der Waals surface area contributed by atoms with Crippen LogP contribution in [0.5, 0.6) is 0 Å². The maximum atomic E-state index is 10.8. The number of allylic oxidation sites excluding steroid dienone is 1. The zero-order valence-electron chi connectivity index (χ0n) is 10.1. The first kappa shape index (κ1) is 12.5. The van der Waals surface area contributed by atoms with Gasteiger partial charge in [-0.3, -0.25) is 0 Å². The molecule has 0 fully saturated rings. The summed E-state index contributed by atoms with van der Waals surface area (Å²) in [4.78, 5) is 10.8. The summed E-state index contributed by atoms with van der Waals surface area (Å²) in [6.45, 7) is 6.12. The van der Waals surface area contributed by atoms with Crippen molar-refractivity contribution < 1.29 is 9.90 Å². The monoisotopic (exact) mass is 218 g/mol. The average molecular weight is 218 g/mol. The molecular weight excluding hydrogens is 200 g/mol. The molecule has 1 aromatic rings. The Morgan fingerprint density at radius 1 is 1.38 bits per heavy atom. The number of carboxylic acids is 1. The number of aliphatic carboxylic acids is 1. The van der Waals surface area contributed by atoms with Crippen LogP contribution in [-0.2, 0) is 4.79 Å². The van der Waals surface area contributed by atoms with E-state index in [2.05, 4.69) is 13.0 Å². The summed E-state index contributed by atoms with van der Waals surface area (Å²) in [7, 11) is 0. The van der Waals surface area contributed by atoms with Crippen LogP contribution in [0, 0.1) is 13.8 Å². The van der Waals surface area contributed by atoms with Gasteiger partial charge in [-0.1, -0.05) is 37.1 Å². The lowest BCUT2D eigenvalue weighted by atomic mass is 9.95. The van der Waals surface area contributed by atoms with Crippen molar-refractivity contribution in [1.29, 1.82) is 0 Å². The Hall–Kier alpha value is -1.57. The number of benzene rings is 1. The summed E-state index contributed by atoms with van der Waals surface area (Å²) in [5, 5.41) is 8.84. The normalized spacial score (nSPS) is 11.6. The summed E-state index contributed by atoms with van der Waals surface area (Å²) >= 11 is 0. The van der Waals surface area contributed by atoms with E-state index in [1.165, 1.54) is 11.6 Å². The zero-order chi connectivity index (χ0) is 12.1. The number of hydrogen-bond acceptors (Lipinski definition) is 1. The molecule has 0 aliphatic carbocycles. The fraction of sp³-hybridized carbons (Fsp3) is 0.357. The number of carboxylic acid groups (broad SMARTS) is 1. The predicted octanol–water partition coefficient (Wildman–Crippen LogP) is 3.57. The topological polar surface area (TPSA) is 37.3 Å². The SMILES string of the molecule is CCC/C(=C\C(=O)O)c1ccc(C)cc1C. The third kappa shape index (κ3) is 3.23. The van der Waals surface area contributed by atoms with E-state index in [0.717, 1.165) is 29.5 Å². The Kier molecular flexibility index (Phi) is 4.29. The molecule has 1 aromatic carbocycles. The molecule has 1 N–H and O–H groups in total. The lowest BCUT2D eigenvalue weighted by Crippen LogP contribution is -1.95. The second-order valence-electron chi connectivity index (χ2n) is 4.08. The number of carbonyl (C=O) groups is 1. The van der Waals surface area contributed by atoms with Crippen LogP contribution in [0.2, 0.25) is 0 Å². The average Bonchev–Trinajstić information content (AvgIpc) is 2.16. The molecule has 0 atom stereocenters. The van der Waals surface area contributed by atoms with E-state index in [4.69, 9.17) is 5.11 Å². The highest BCUT2D eigenvalue weighted by atomic mass is 16.4. The lowest BCUT2D eigenvalue weighted by Gasteiger charge is -2.10. The molecule has 86 valence electrons. The van der Waals surface area contributed by atoms with Crippen LogP contribution in [0.1, 0.15) is 36.5 Å². The van der Waals surface area contributed by atoms with Crippen molar-refractivity contribution in [2.75, 3.05) is 0 Å². The van der Waals surface area contributed by atoms with Crippen molar-refractivity contribution >= 4 is 11.5 Å². The van der Waals surface area contributed by atoms with Gasteiger partial charge in [0, 0.05) is 6.08 Å². The molecule has 16 heavy (non-hydrogen) atoms. The highest BCUT2D eigenvalue weighted by molar-refractivity contribution is 5.90. The van der Waals surface area contributed by atoms with E-state index < -0.39 is 5.97 Å². The largest absolute Gasteiger partial charge is 0.478 e. The van der Waals surface area contributed by atoms with Gasteiger partial charge in [0.15, 0.2) is 0 Å². The standard InChI is InChI=1S/C14H18O2/c1-4-5-12(9-14(15)16)13-7-6-10(2)8-11(13)3/h6-9H,4-5H2,1-3H3,(H,15,16)/b12-9+. The van der Waals surface area contributed by atoms with Crippen LogP contribution < -0.4 is 0 Å². The molecule has 0 aromatic heterocycles. The van der Waals surface area contributed by atoms with Crippen molar-refractivity contribution in [2.45, 2.75) is 33.6 Å². The molecule has 0 amide bonds. The molecule has 0 radical (unpaired) electrons. The first-order valence-electron chi connectivity index (χ1n) is 5.55. The van der Waals surface area contributed by atoms with Crippen LogP contribution in [0.25, 0.3) is 5.57 Å². The van der Waals surface area contributed by atoms with Crippen molar-refractivity contribution in [1.82, 2.24) is 0 Å². The summed E-state index contributed by atoms with van der Waals surface area (Å²) in [6, 6.07) is 6.11. The summed E-state index contributed by atoms with van der Waals surface area (Å²) in [6.07, 6.45) is 3.07. The minimum absolute atomic E-state index is 0.802. The third-order valence-electron chi connectivity index (χ3n) is 2.54. The van der Waals surface area contributed by atoms with Gasteiger partial charge in [-0.2, -0.15) is 0 Å². The van der Waals surface area contributed by atoms with Crippen LogP contribution in [0.3, 0.4) is 0 Å². The van der Waals surface area contributed by atoms with E-state index in [1.807, 2.05) is 26.0 Å². The molecule has 2 heteroatoms. The highest BCUT2D eigenvalue weighted by Crippen LogP contribution is 2.24. The predicted molar refractivity (Wildman–Crippen MR) is 66.4 cm³/mol. The molecule has 0 spiro atoms. The first-order valence-corrected chi connectivity index (χ1v) is 5.55. The van der Waals surface area contributed by atoms with E-state index in [9.17, 15) is 4.79 Å². The van der Waals surface area contributed by atoms with Crippen LogP contribution >= 0.6 is 0 Å². The van der Waals surface area contributed by atoms with Gasteiger partial charge in [0.05, 0.1) is 0 Å². The van der Waals surface area contributed by atoms with E-state index in [0.29, 0.717) is 0 Å². The quantitative estimate of drug-likeness (QED) is 0.784. The first-order chi connectivity index (χ1) is 7.54. The number of aryl methyl sites for hydroxylation is 2. The van der Waals surface area contributed by atoms with Crippen molar-refractivity contribution in [3.05, 3.63) is 41.0 Å². The molecule has 0 saturated carbocycles. The summed E-state index contributed by atoms with van der Waals surface area (Å²) in [5.41, 5.74) is 4.30. The van der Waals surface area contributed by atoms with Crippen LogP contribution in [0.4, 0.5) is 0 Å². The fourth-order valence-electron chi connectivity index (χ4n) is 1.88. The fourth-order valence-corrected chi connectivity index (χ4v) is 1.88. The molecule has 0 aliphatic heterocycles. The molecule has 1 rings (SSSR count). The Labute approximate surface area is 96.6 Å². The Bertz CT molecular complexity index is 417. The zero-order valence-corrected chi connectivity index (χ0v) is 10.1. The van der Waals surface area contributed by atoms with Gasteiger partial charge in [0.2, 0.25) is 0 Å². The molecule has 0 bridgehead atoms. The maximum absolute atomic E-state index is 10.8. The van der Waals surface area contributed by atoms with Crippen LogP contribution in [0.15, 0.2) is 24.3 Å². The summed E-state index contributed by atoms with van der Waals surface area (Å²) < 4.78 is 0. The Morgan fingerprint density at radius 3 is 2.56 bits per heavy atom. The van der Waals surface area contributed by atoms with E-state index in [-0.39, 0.29) is 0 Å². The maximum Gasteiger partial charge on any atom is 0.328 e. The minimum atomic E-state index is -0.872. The highest BCUT2D eigenvalue weighted by Gasteiger charge is 2.06. The molecule has 2 nitrogen and oxygen atoms in total. The van der Waals surface area contributed by atoms with Gasteiger partial charge in [-0.15, -0.1) is 0 Å². The van der Waals surface area contributed by atoms with Gasteiger partial charge in [0.1, 0.15) is 0 Å². The van der Waals surface area contributed by atoms with Crippen molar-refractivity contribution in [3.8, 4) is 0 Å². The van der Waals surface area contributed by atoms with Gasteiger partial charge in [0.25, 0.3) is 0 Å². The summed E-state index contributed by atoms with van der Waals surface area (Å²) in [5.74, 6) is -0.872. The molecule has 0 heterocycles. The minimum Gasteiger partial charge on any atom is -0.478 e. The van der Waals surface area contributed by atoms with Crippen molar-refractivity contribution in [2.24, 2.45) is 0 Å². The van der Waals surface area contributed by atoms with Gasteiger partial charge < -0.3 is 5.11 Å². The van der Waals surface area contributed by atoms with E-state index in [1.54, 1.807) is 0 Å². The molecular formula is C14H18O2. The van der Waals surface area contributed by atoms with Crippen molar-refractivity contribution in [3.63, 3.8) is 0 Å². The van der Waals surface area contributed by atoms with Crippen LogP contribution in [-0.4, -0.2) is 11.1 Å². The lowest BCUT2D eigenvalue weighted by molar-refractivity contribution is -0.131. The molecule has 0 saturated heterocycles. The van der Waals surface area contributed by atoms with Gasteiger partial charge in [-0.25, -0.2) is 4.79 Å². The van der Waals surface area contributed by atoms with Gasteiger partial charge >= 0.3 is 5.97 Å². The van der Waals surface area contributed by atoms with Gasteiger partial charge in [-0.05, 0) is 37.0 Å². The second-order valence-corrected chi connectivity index (χ2v) is 4.08. The third-order valence-corrected chi connectivity index (χ3v) is 2.54. The smallest absolute Gasteiger partial charge is 0.328 e. The number of rotatable bonds is 4.